The number of anilines is 1. The number of ether oxygens (including phenoxy) is 1. The van der Waals surface area contributed by atoms with Crippen LogP contribution >= 0.6 is 0 Å². The number of hydrogen-bond donors (Lipinski definition) is 1. The number of aromatic nitrogens is 4. The molecule has 0 radical (unpaired) electrons. The monoisotopic (exact) mass is 423 g/mol. The van der Waals surface area contributed by atoms with Gasteiger partial charge in [0.2, 0.25) is 0 Å². The highest BCUT2D eigenvalue weighted by Crippen LogP contribution is 2.50. The number of carbonyl (C=O) groups is 1. The summed E-state index contributed by atoms with van der Waals surface area (Å²) in [5.41, 5.74) is -1.43. The van der Waals surface area contributed by atoms with Crippen molar-refractivity contribution in [3.05, 3.63) is 35.8 Å². The van der Waals surface area contributed by atoms with Crippen LogP contribution in [0.2, 0.25) is 0 Å². The zero-order chi connectivity index (χ0) is 22.3. The highest BCUT2D eigenvalue weighted by atomic mass is 19.4. The van der Waals surface area contributed by atoms with E-state index in [0.717, 1.165) is 18.2 Å². The van der Waals surface area contributed by atoms with Gasteiger partial charge in [0.05, 0.1) is 12.7 Å². The molecule has 0 saturated carbocycles. The molecular formula is C20H24F3N5O2. The van der Waals surface area contributed by atoms with Crippen LogP contribution in [0.15, 0.2) is 24.5 Å². The lowest BCUT2D eigenvalue weighted by molar-refractivity contribution is -0.141. The number of hydrogen-bond acceptors (Lipinski definition) is 5. The second-order valence-corrected chi connectivity index (χ2v) is 8.82. The van der Waals surface area contributed by atoms with Gasteiger partial charge in [0.1, 0.15) is 0 Å². The van der Waals surface area contributed by atoms with Gasteiger partial charge in [-0.1, -0.05) is 33.8 Å². The molecule has 0 unspecified atom stereocenters. The van der Waals surface area contributed by atoms with Crippen LogP contribution in [0.5, 0.6) is 0 Å². The van der Waals surface area contributed by atoms with Gasteiger partial charge in [0.15, 0.2) is 11.5 Å². The van der Waals surface area contributed by atoms with E-state index in [1.54, 1.807) is 0 Å². The van der Waals surface area contributed by atoms with Crippen molar-refractivity contribution in [1.82, 2.24) is 19.7 Å². The molecule has 0 fully saturated rings. The predicted molar refractivity (Wildman–Crippen MR) is 105 cm³/mol. The van der Waals surface area contributed by atoms with Crippen LogP contribution < -0.4 is 5.32 Å². The highest BCUT2D eigenvalue weighted by Gasteiger charge is 2.44. The highest BCUT2D eigenvalue weighted by molar-refractivity contribution is 5.90. The molecule has 0 spiro atoms. The molecule has 0 atom stereocenters. The Bertz CT molecular complexity index is 978. The van der Waals surface area contributed by atoms with Crippen molar-refractivity contribution >= 4 is 17.5 Å². The summed E-state index contributed by atoms with van der Waals surface area (Å²) in [6, 6.07) is 1.53. The molecule has 2 aromatic heterocycles. The SMILES string of the molecule is COC(=O)Nc1c(C2=CC(C)(C)CC(C)(C)C2)c(C(F)(F)F)nn1-c1ncccn1. The second-order valence-electron chi connectivity index (χ2n) is 8.82. The van der Waals surface area contributed by atoms with Gasteiger partial charge in [-0.3, -0.25) is 5.32 Å². The van der Waals surface area contributed by atoms with Crippen LogP contribution in [0, 0.1) is 10.8 Å². The van der Waals surface area contributed by atoms with Gasteiger partial charge in [-0.2, -0.15) is 23.0 Å². The number of amides is 1. The largest absolute Gasteiger partial charge is 0.453 e. The minimum Gasteiger partial charge on any atom is -0.453 e. The van der Waals surface area contributed by atoms with E-state index in [2.05, 4.69) is 25.1 Å². The number of nitrogens with zero attached hydrogens (tertiary/aromatic N) is 4. The molecular weight excluding hydrogens is 399 g/mol. The maximum Gasteiger partial charge on any atom is 0.435 e. The number of halogens is 3. The second kappa shape index (κ2) is 7.41. The van der Waals surface area contributed by atoms with Gasteiger partial charge >= 0.3 is 12.3 Å². The number of carbonyl (C=O) groups excluding carboxylic acids is 1. The topological polar surface area (TPSA) is 81.9 Å². The molecule has 0 bridgehead atoms. The number of rotatable bonds is 3. The third-order valence-electron chi connectivity index (χ3n) is 4.79. The van der Waals surface area contributed by atoms with Gasteiger partial charge in [0.25, 0.3) is 5.95 Å². The molecule has 0 aromatic carbocycles. The first-order valence-corrected chi connectivity index (χ1v) is 9.38. The molecule has 2 heterocycles. The van der Waals surface area contributed by atoms with E-state index in [-0.39, 0.29) is 28.2 Å². The van der Waals surface area contributed by atoms with Crippen molar-refractivity contribution in [3.63, 3.8) is 0 Å². The van der Waals surface area contributed by atoms with Crippen molar-refractivity contribution in [1.29, 1.82) is 0 Å². The first-order chi connectivity index (χ1) is 13.8. The van der Waals surface area contributed by atoms with Crippen molar-refractivity contribution in [2.24, 2.45) is 10.8 Å². The van der Waals surface area contributed by atoms with Gasteiger partial charge < -0.3 is 4.74 Å². The number of allylic oxidation sites excluding steroid dienone is 2. The molecule has 1 amide bonds. The summed E-state index contributed by atoms with van der Waals surface area (Å²) >= 11 is 0. The van der Waals surface area contributed by atoms with Gasteiger partial charge in [0, 0.05) is 12.4 Å². The molecule has 1 aliphatic carbocycles. The third-order valence-corrected chi connectivity index (χ3v) is 4.79. The fraction of sp³-hybridized carbons (Fsp3) is 0.500. The van der Waals surface area contributed by atoms with Gasteiger partial charge in [-0.15, -0.1) is 0 Å². The smallest absolute Gasteiger partial charge is 0.435 e. The van der Waals surface area contributed by atoms with E-state index in [1.165, 1.54) is 18.5 Å². The van der Waals surface area contributed by atoms with Crippen molar-refractivity contribution < 1.29 is 22.7 Å². The zero-order valence-corrected chi connectivity index (χ0v) is 17.5. The Hall–Kier alpha value is -2.91. The van der Waals surface area contributed by atoms with E-state index in [4.69, 9.17) is 0 Å². The summed E-state index contributed by atoms with van der Waals surface area (Å²) < 4.78 is 47.6. The van der Waals surface area contributed by atoms with Crippen molar-refractivity contribution in [2.45, 2.75) is 46.7 Å². The van der Waals surface area contributed by atoms with E-state index in [1.807, 2.05) is 33.8 Å². The molecule has 0 aliphatic heterocycles. The van der Waals surface area contributed by atoms with Crippen LogP contribution in [-0.4, -0.2) is 33.0 Å². The van der Waals surface area contributed by atoms with E-state index >= 15 is 0 Å². The Morgan fingerprint density at radius 1 is 1.20 bits per heavy atom. The number of nitrogens with one attached hydrogen (secondary N) is 1. The van der Waals surface area contributed by atoms with Crippen LogP contribution in [0.1, 0.15) is 51.8 Å². The lowest BCUT2D eigenvalue weighted by atomic mass is 9.65. The molecule has 10 heteroatoms. The summed E-state index contributed by atoms with van der Waals surface area (Å²) in [6.07, 6.45) is 0.0992. The molecule has 30 heavy (non-hydrogen) atoms. The summed E-state index contributed by atoms with van der Waals surface area (Å²) in [7, 11) is 1.13. The maximum absolute atomic E-state index is 14.0. The Morgan fingerprint density at radius 2 is 1.83 bits per heavy atom. The predicted octanol–water partition coefficient (Wildman–Crippen LogP) is 5.09. The quantitative estimate of drug-likeness (QED) is 0.744. The zero-order valence-electron chi connectivity index (χ0n) is 17.5. The third kappa shape index (κ3) is 4.47. The number of alkyl halides is 3. The van der Waals surface area contributed by atoms with E-state index < -0.39 is 18.0 Å². The van der Waals surface area contributed by atoms with Crippen LogP contribution in [-0.2, 0) is 10.9 Å². The Balaban J connectivity index is 2.33. The fourth-order valence-electron chi connectivity index (χ4n) is 4.27. The summed E-state index contributed by atoms with van der Waals surface area (Å²) in [5.74, 6) is -0.282. The van der Waals surface area contributed by atoms with Gasteiger partial charge in [-0.25, -0.2) is 14.8 Å². The number of methoxy groups -OCH3 is 1. The van der Waals surface area contributed by atoms with Crippen molar-refractivity contribution in [3.8, 4) is 5.95 Å². The lowest BCUT2D eigenvalue weighted by Crippen LogP contribution is -2.27. The summed E-state index contributed by atoms with van der Waals surface area (Å²) in [6.45, 7) is 7.96. The molecule has 1 aliphatic rings. The molecule has 0 saturated heterocycles. The minimum absolute atomic E-state index is 0.101. The van der Waals surface area contributed by atoms with Gasteiger partial charge in [-0.05, 0) is 35.3 Å². The van der Waals surface area contributed by atoms with E-state index in [9.17, 15) is 18.0 Å². The molecule has 162 valence electrons. The van der Waals surface area contributed by atoms with Crippen LogP contribution in [0.25, 0.3) is 11.5 Å². The molecule has 1 N–H and O–H groups in total. The van der Waals surface area contributed by atoms with E-state index in [0.29, 0.717) is 12.0 Å². The summed E-state index contributed by atoms with van der Waals surface area (Å²) in [5, 5.41) is 6.16. The molecule has 2 aromatic rings. The lowest BCUT2D eigenvalue weighted by Gasteiger charge is -2.39. The Labute approximate surface area is 172 Å². The first-order valence-electron chi connectivity index (χ1n) is 9.38. The fourth-order valence-corrected chi connectivity index (χ4v) is 4.27. The summed E-state index contributed by atoms with van der Waals surface area (Å²) in [4.78, 5) is 20.0. The molecule has 7 nitrogen and oxygen atoms in total. The average Bonchev–Trinajstić information content (AvgIpc) is 2.99. The minimum atomic E-state index is -4.76. The average molecular weight is 423 g/mol. The van der Waals surface area contributed by atoms with Crippen LogP contribution in [0.3, 0.4) is 0 Å². The first kappa shape index (κ1) is 21.8. The normalized spacial score (nSPS) is 17.9. The Kier molecular flexibility index (Phi) is 5.38. The molecule has 3 rings (SSSR count). The van der Waals surface area contributed by atoms with Crippen molar-refractivity contribution in [2.75, 3.05) is 12.4 Å². The standard InChI is InChI=1S/C20H24F3N5O2/c1-18(2)9-12(10-19(3,4)11-18)13-14(20(21,22)23)27-28(15(13)26-17(29)30-5)16-24-7-6-8-25-16/h6-9H,10-11H2,1-5H3,(H,26,29). The maximum atomic E-state index is 14.0. The van der Waals surface area contributed by atoms with Crippen LogP contribution in [0.4, 0.5) is 23.8 Å². The Morgan fingerprint density at radius 3 is 2.37 bits per heavy atom.